The fourth-order valence-corrected chi connectivity index (χ4v) is 2.68. The first-order chi connectivity index (χ1) is 9.86. The molecule has 21 heavy (non-hydrogen) atoms. The molecule has 1 fully saturated rings. The van der Waals surface area contributed by atoms with E-state index in [1.165, 1.54) is 6.07 Å². The van der Waals surface area contributed by atoms with Crippen LogP contribution in [0.15, 0.2) is 24.3 Å². The SMILES string of the molecule is CC1CCC(OCC(N)c2cccc(C(F)(F)F)c2)CC1. The minimum atomic E-state index is -4.34. The Bertz CT molecular complexity index is 453. The third-order valence-corrected chi connectivity index (χ3v) is 4.12. The third-order valence-electron chi connectivity index (χ3n) is 4.12. The van der Waals surface area contributed by atoms with E-state index in [9.17, 15) is 13.2 Å². The first-order valence-corrected chi connectivity index (χ1v) is 7.40. The van der Waals surface area contributed by atoms with E-state index in [2.05, 4.69) is 6.92 Å². The maximum atomic E-state index is 12.7. The molecule has 1 aromatic carbocycles. The molecule has 1 aromatic rings. The van der Waals surface area contributed by atoms with Crippen molar-refractivity contribution in [1.82, 2.24) is 0 Å². The van der Waals surface area contributed by atoms with Crippen molar-refractivity contribution < 1.29 is 17.9 Å². The van der Waals surface area contributed by atoms with E-state index in [4.69, 9.17) is 10.5 Å². The molecule has 1 saturated carbocycles. The van der Waals surface area contributed by atoms with Gasteiger partial charge in [-0.2, -0.15) is 13.2 Å². The van der Waals surface area contributed by atoms with Gasteiger partial charge in [0.2, 0.25) is 0 Å². The molecule has 5 heteroatoms. The molecular formula is C16H22F3NO. The first-order valence-electron chi connectivity index (χ1n) is 7.40. The predicted octanol–water partition coefficient (Wildman–Crippen LogP) is 4.30. The Hall–Kier alpha value is -1.07. The van der Waals surface area contributed by atoms with Crippen molar-refractivity contribution in [2.45, 2.75) is 50.9 Å². The van der Waals surface area contributed by atoms with E-state index in [1.54, 1.807) is 6.07 Å². The van der Waals surface area contributed by atoms with Crippen molar-refractivity contribution in [3.63, 3.8) is 0 Å². The average molecular weight is 301 g/mol. The second-order valence-electron chi connectivity index (χ2n) is 5.94. The van der Waals surface area contributed by atoms with E-state index in [0.29, 0.717) is 5.56 Å². The van der Waals surface area contributed by atoms with Gasteiger partial charge in [-0.25, -0.2) is 0 Å². The van der Waals surface area contributed by atoms with Gasteiger partial charge in [0.1, 0.15) is 0 Å². The lowest BCUT2D eigenvalue weighted by Gasteiger charge is -2.27. The molecule has 0 aromatic heterocycles. The minimum absolute atomic E-state index is 0.193. The minimum Gasteiger partial charge on any atom is -0.376 e. The largest absolute Gasteiger partial charge is 0.416 e. The molecular weight excluding hydrogens is 279 g/mol. The first kappa shape index (κ1) is 16.3. The summed E-state index contributed by atoms with van der Waals surface area (Å²) in [4.78, 5) is 0. The topological polar surface area (TPSA) is 35.2 Å². The van der Waals surface area contributed by atoms with Crippen LogP contribution in [0.4, 0.5) is 13.2 Å². The number of nitrogens with two attached hydrogens (primary N) is 1. The lowest BCUT2D eigenvalue weighted by atomic mass is 9.89. The van der Waals surface area contributed by atoms with Crippen LogP contribution in [0.2, 0.25) is 0 Å². The molecule has 0 aliphatic heterocycles. The molecule has 0 bridgehead atoms. The fourth-order valence-electron chi connectivity index (χ4n) is 2.68. The second kappa shape index (κ2) is 6.79. The zero-order valence-corrected chi connectivity index (χ0v) is 12.2. The highest BCUT2D eigenvalue weighted by Crippen LogP contribution is 2.31. The second-order valence-corrected chi connectivity index (χ2v) is 5.94. The molecule has 1 aliphatic rings. The Morgan fingerprint density at radius 2 is 1.90 bits per heavy atom. The summed E-state index contributed by atoms with van der Waals surface area (Å²) in [5.41, 5.74) is 5.76. The van der Waals surface area contributed by atoms with Crippen molar-refractivity contribution in [1.29, 1.82) is 0 Å². The molecule has 0 amide bonds. The Morgan fingerprint density at radius 3 is 2.52 bits per heavy atom. The van der Waals surface area contributed by atoms with Crippen LogP contribution in [0.1, 0.15) is 49.8 Å². The number of ether oxygens (including phenoxy) is 1. The smallest absolute Gasteiger partial charge is 0.376 e. The van der Waals surface area contributed by atoms with Crippen molar-refractivity contribution in [2.75, 3.05) is 6.61 Å². The normalized spacial score (nSPS) is 24.8. The van der Waals surface area contributed by atoms with Crippen LogP contribution in [-0.2, 0) is 10.9 Å². The van der Waals surface area contributed by atoms with E-state index in [-0.39, 0.29) is 12.7 Å². The summed E-state index contributed by atoms with van der Waals surface area (Å²) < 4.78 is 43.8. The van der Waals surface area contributed by atoms with E-state index in [0.717, 1.165) is 43.7 Å². The summed E-state index contributed by atoms with van der Waals surface area (Å²) in [7, 11) is 0. The van der Waals surface area contributed by atoms with Crippen molar-refractivity contribution in [3.05, 3.63) is 35.4 Å². The Morgan fingerprint density at radius 1 is 1.24 bits per heavy atom. The Balaban J connectivity index is 1.90. The summed E-state index contributed by atoms with van der Waals surface area (Å²) in [6.07, 6.45) is 0.161. The standard InChI is InChI=1S/C16H22F3NO/c1-11-5-7-14(8-6-11)21-10-15(20)12-3-2-4-13(9-12)16(17,18)19/h2-4,9,11,14-15H,5-8,10,20H2,1H3. The molecule has 2 nitrogen and oxygen atoms in total. The number of benzene rings is 1. The maximum Gasteiger partial charge on any atom is 0.416 e. The number of rotatable bonds is 4. The number of alkyl halides is 3. The van der Waals surface area contributed by atoms with Crippen molar-refractivity contribution in [3.8, 4) is 0 Å². The van der Waals surface area contributed by atoms with Gasteiger partial charge in [0.15, 0.2) is 0 Å². The molecule has 0 radical (unpaired) electrons. The van der Waals surface area contributed by atoms with E-state index >= 15 is 0 Å². The molecule has 1 unspecified atom stereocenters. The zero-order chi connectivity index (χ0) is 15.5. The van der Waals surface area contributed by atoms with Gasteiger partial charge in [0.25, 0.3) is 0 Å². The summed E-state index contributed by atoms with van der Waals surface area (Å²) in [5.74, 6) is 0.738. The van der Waals surface area contributed by atoms with Crippen molar-refractivity contribution in [2.24, 2.45) is 11.7 Å². The Labute approximate surface area is 123 Å². The summed E-state index contributed by atoms with van der Waals surface area (Å²) >= 11 is 0. The summed E-state index contributed by atoms with van der Waals surface area (Å²) in [6, 6.07) is 4.65. The number of hydrogen-bond acceptors (Lipinski definition) is 2. The quantitative estimate of drug-likeness (QED) is 0.900. The van der Waals surface area contributed by atoms with Gasteiger partial charge in [-0.3, -0.25) is 0 Å². The molecule has 0 spiro atoms. The molecule has 1 aliphatic carbocycles. The van der Waals surface area contributed by atoms with Gasteiger partial charge in [-0.1, -0.05) is 19.1 Å². The highest BCUT2D eigenvalue weighted by molar-refractivity contribution is 5.27. The lowest BCUT2D eigenvalue weighted by Crippen LogP contribution is -2.25. The van der Waals surface area contributed by atoms with Crippen LogP contribution in [0.5, 0.6) is 0 Å². The molecule has 2 rings (SSSR count). The van der Waals surface area contributed by atoms with Gasteiger partial charge in [-0.15, -0.1) is 0 Å². The highest BCUT2D eigenvalue weighted by Gasteiger charge is 2.30. The van der Waals surface area contributed by atoms with Gasteiger partial charge in [0.05, 0.1) is 24.3 Å². The molecule has 0 saturated heterocycles. The number of hydrogen-bond donors (Lipinski definition) is 1. The molecule has 1 atom stereocenters. The van der Waals surface area contributed by atoms with Crippen LogP contribution in [-0.4, -0.2) is 12.7 Å². The molecule has 118 valence electrons. The highest BCUT2D eigenvalue weighted by atomic mass is 19.4. The van der Waals surface area contributed by atoms with Crippen LogP contribution < -0.4 is 5.73 Å². The zero-order valence-electron chi connectivity index (χ0n) is 12.2. The van der Waals surface area contributed by atoms with Crippen LogP contribution >= 0.6 is 0 Å². The number of halogens is 3. The van der Waals surface area contributed by atoms with Crippen LogP contribution in [0, 0.1) is 5.92 Å². The summed E-state index contributed by atoms with van der Waals surface area (Å²) in [6.45, 7) is 2.49. The average Bonchev–Trinajstić information content (AvgIpc) is 2.45. The predicted molar refractivity (Wildman–Crippen MR) is 75.7 cm³/mol. The van der Waals surface area contributed by atoms with Gasteiger partial charge in [0, 0.05) is 0 Å². The van der Waals surface area contributed by atoms with Crippen LogP contribution in [0.3, 0.4) is 0 Å². The van der Waals surface area contributed by atoms with Crippen LogP contribution in [0.25, 0.3) is 0 Å². The van der Waals surface area contributed by atoms with E-state index < -0.39 is 17.8 Å². The lowest BCUT2D eigenvalue weighted by molar-refractivity contribution is -0.137. The van der Waals surface area contributed by atoms with Gasteiger partial charge < -0.3 is 10.5 Å². The van der Waals surface area contributed by atoms with E-state index in [1.807, 2.05) is 0 Å². The fraction of sp³-hybridized carbons (Fsp3) is 0.625. The summed E-state index contributed by atoms with van der Waals surface area (Å²) in [5, 5.41) is 0. The monoisotopic (exact) mass is 301 g/mol. The van der Waals surface area contributed by atoms with Gasteiger partial charge >= 0.3 is 6.18 Å². The maximum absolute atomic E-state index is 12.7. The molecule has 0 heterocycles. The third kappa shape index (κ3) is 4.71. The molecule has 2 N–H and O–H groups in total. The Kier molecular flexibility index (Phi) is 5.27. The van der Waals surface area contributed by atoms with Crippen molar-refractivity contribution >= 4 is 0 Å². The van der Waals surface area contributed by atoms with Gasteiger partial charge in [-0.05, 0) is 49.3 Å².